The number of nitrogens with zero attached hydrogens (tertiary/aromatic N) is 1. The lowest BCUT2D eigenvalue weighted by Crippen LogP contribution is -2.60. The predicted octanol–water partition coefficient (Wildman–Crippen LogP) is 0.352. The molecule has 15 heavy (non-hydrogen) atoms. The molecule has 84 valence electrons. The molecule has 0 spiro atoms. The highest BCUT2D eigenvalue weighted by Crippen LogP contribution is 2.29. The van der Waals surface area contributed by atoms with E-state index in [4.69, 9.17) is 4.74 Å². The third-order valence-electron chi connectivity index (χ3n) is 3.25. The predicted molar refractivity (Wildman–Crippen MR) is 53.2 cm³/mol. The number of rotatable bonds is 2. The van der Waals surface area contributed by atoms with Gasteiger partial charge in [-0.3, -0.25) is 10.1 Å². The molecule has 1 atom stereocenters. The molecule has 2 fully saturated rings. The summed E-state index contributed by atoms with van der Waals surface area (Å²) in [6.45, 7) is 2.37. The van der Waals surface area contributed by atoms with Crippen molar-refractivity contribution in [1.29, 1.82) is 0 Å². The van der Waals surface area contributed by atoms with Gasteiger partial charge in [-0.05, 0) is 12.8 Å². The van der Waals surface area contributed by atoms with Crippen LogP contribution in [0.15, 0.2) is 0 Å². The van der Waals surface area contributed by atoms with E-state index in [1.54, 1.807) is 12.0 Å². The van der Waals surface area contributed by atoms with Crippen molar-refractivity contribution in [2.75, 3.05) is 13.7 Å². The molecule has 2 rings (SSSR count). The number of amides is 3. The minimum Gasteiger partial charge on any atom is -0.381 e. The van der Waals surface area contributed by atoms with Gasteiger partial charge < -0.3 is 9.64 Å². The lowest BCUT2D eigenvalue weighted by atomic mass is 9.87. The molecule has 3 amide bonds. The van der Waals surface area contributed by atoms with Gasteiger partial charge in [0, 0.05) is 19.7 Å². The van der Waals surface area contributed by atoms with Gasteiger partial charge in [0.05, 0.1) is 12.0 Å². The summed E-state index contributed by atoms with van der Waals surface area (Å²) in [6.07, 6.45) is 2.03. The smallest absolute Gasteiger partial charge is 0.324 e. The summed E-state index contributed by atoms with van der Waals surface area (Å²) in [5.74, 6) is -0.275. The molecule has 1 saturated carbocycles. The van der Waals surface area contributed by atoms with Crippen molar-refractivity contribution in [3.8, 4) is 0 Å². The van der Waals surface area contributed by atoms with E-state index in [2.05, 4.69) is 5.32 Å². The van der Waals surface area contributed by atoms with Gasteiger partial charge in [-0.2, -0.15) is 0 Å². The lowest BCUT2D eigenvalue weighted by Gasteiger charge is -2.44. The summed E-state index contributed by atoms with van der Waals surface area (Å²) in [5, 5.41) is 2.37. The molecule has 0 aromatic heterocycles. The second-order valence-electron chi connectivity index (χ2n) is 4.33. The number of carbonyl (C=O) groups excluding carboxylic acids is 2. The monoisotopic (exact) mass is 212 g/mol. The van der Waals surface area contributed by atoms with Crippen LogP contribution in [0.3, 0.4) is 0 Å². The van der Waals surface area contributed by atoms with Gasteiger partial charge in [-0.1, -0.05) is 6.92 Å². The number of urea groups is 1. The van der Waals surface area contributed by atoms with Gasteiger partial charge in [0.1, 0.15) is 0 Å². The van der Waals surface area contributed by atoms with Crippen LogP contribution in [-0.2, 0) is 9.53 Å². The standard InChI is InChI=1S/C10H16N2O3/c1-6-5-12(10(14)11-9(6)13)7-3-8(4-7)15-2/h6-8H,3-5H2,1-2H3,(H,11,13,14). The van der Waals surface area contributed by atoms with E-state index in [9.17, 15) is 9.59 Å². The van der Waals surface area contributed by atoms with Crippen LogP contribution >= 0.6 is 0 Å². The summed E-state index contributed by atoms with van der Waals surface area (Å²) >= 11 is 0. The average molecular weight is 212 g/mol. The van der Waals surface area contributed by atoms with Gasteiger partial charge in [-0.25, -0.2) is 4.79 Å². The molecule has 5 heteroatoms. The van der Waals surface area contributed by atoms with E-state index < -0.39 is 0 Å². The Morgan fingerprint density at radius 1 is 1.40 bits per heavy atom. The van der Waals surface area contributed by atoms with Crippen molar-refractivity contribution < 1.29 is 14.3 Å². The van der Waals surface area contributed by atoms with Gasteiger partial charge in [0.2, 0.25) is 5.91 Å². The molecule has 0 bridgehead atoms. The van der Waals surface area contributed by atoms with Crippen LogP contribution in [0.1, 0.15) is 19.8 Å². The van der Waals surface area contributed by atoms with Crippen LogP contribution < -0.4 is 5.32 Å². The van der Waals surface area contributed by atoms with Gasteiger partial charge in [0.25, 0.3) is 0 Å². The molecule has 1 saturated heterocycles. The second-order valence-corrected chi connectivity index (χ2v) is 4.33. The first-order chi connectivity index (χ1) is 7.11. The molecule has 0 aromatic carbocycles. The van der Waals surface area contributed by atoms with Crippen molar-refractivity contribution in [1.82, 2.24) is 10.2 Å². The summed E-state index contributed by atoms with van der Waals surface area (Å²) < 4.78 is 5.17. The Labute approximate surface area is 88.8 Å². The van der Waals surface area contributed by atoms with Crippen molar-refractivity contribution in [2.45, 2.75) is 31.9 Å². The Kier molecular flexibility index (Phi) is 2.65. The SMILES string of the molecule is COC1CC(N2CC(C)C(=O)NC2=O)C1. The fraction of sp³-hybridized carbons (Fsp3) is 0.800. The van der Waals surface area contributed by atoms with Crippen molar-refractivity contribution >= 4 is 11.9 Å². The molecule has 2 aliphatic rings. The molecular weight excluding hydrogens is 196 g/mol. The highest BCUT2D eigenvalue weighted by molar-refractivity contribution is 5.97. The zero-order valence-corrected chi connectivity index (χ0v) is 9.03. The van der Waals surface area contributed by atoms with E-state index >= 15 is 0 Å². The molecule has 1 unspecified atom stereocenters. The maximum Gasteiger partial charge on any atom is 0.324 e. The molecule has 1 aliphatic carbocycles. The first-order valence-corrected chi connectivity index (χ1v) is 5.26. The zero-order chi connectivity index (χ0) is 11.0. The third-order valence-corrected chi connectivity index (χ3v) is 3.25. The number of nitrogens with one attached hydrogen (secondary N) is 1. The lowest BCUT2D eigenvalue weighted by molar-refractivity contribution is -0.126. The van der Waals surface area contributed by atoms with Crippen LogP contribution in [0.2, 0.25) is 0 Å². The van der Waals surface area contributed by atoms with Crippen LogP contribution in [0.4, 0.5) is 4.79 Å². The normalized spacial score (nSPS) is 36.1. The molecule has 1 heterocycles. The Bertz CT molecular complexity index is 286. The minimum absolute atomic E-state index is 0.107. The molecule has 0 radical (unpaired) electrons. The van der Waals surface area contributed by atoms with Crippen LogP contribution in [0.25, 0.3) is 0 Å². The van der Waals surface area contributed by atoms with Gasteiger partial charge in [-0.15, -0.1) is 0 Å². The Morgan fingerprint density at radius 2 is 2.07 bits per heavy atom. The van der Waals surface area contributed by atoms with Crippen molar-refractivity contribution in [2.24, 2.45) is 5.92 Å². The van der Waals surface area contributed by atoms with E-state index in [0.717, 1.165) is 12.8 Å². The Balaban J connectivity index is 1.93. The first kappa shape index (κ1) is 10.4. The summed E-state index contributed by atoms with van der Waals surface area (Å²) in [5.41, 5.74) is 0. The molecule has 0 aromatic rings. The Morgan fingerprint density at radius 3 is 2.67 bits per heavy atom. The molecule has 1 aliphatic heterocycles. The van der Waals surface area contributed by atoms with Gasteiger partial charge in [0.15, 0.2) is 0 Å². The van der Waals surface area contributed by atoms with E-state index in [-0.39, 0.29) is 30.0 Å². The van der Waals surface area contributed by atoms with E-state index in [1.165, 1.54) is 0 Å². The quantitative estimate of drug-likeness (QED) is 0.718. The van der Waals surface area contributed by atoms with E-state index in [0.29, 0.717) is 6.54 Å². The maximum atomic E-state index is 11.5. The highest BCUT2D eigenvalue weighted by Gasteiger charge is 2.40. The summed E-state index contributed by atoms with van der Waals surface area (Å²) in [7, 11) is 1.68. The molecule has 5 nitrogen and oxygen atoms in total. The third kappa shape index (κ3) is 1.84. The number of carbonyl (C=O) groups is 2. The average Bonchev–Trinajstić information content (AvgIpc) is 2.12. The summed E-state index contributed by atoms with van der Waals surface area (Å²) in [4.78, 5) is 24.5. The maximum absolute atomic E-state index is 11.5. The minimum atomic E-state index is -0.252. The van der Waals surface area contributed by atoms with Gasteiger partial charge >= 0.3 is 6.03 Å². The van der Waals surface area contributed by atoms with Crippen LogP contribution in [0.5, 0.6) is 0 Å². The number of imide groups is 1. The van der Waals surface area contributed by atoms with Crippen molar-refractivity contribution in [3.05, 3.63) is 0 Å². The number of hydrogen-bond donors (Lipinski definition) is 1. The number of hydrogen-bond acceptors (Lipinski definition) is 3. The second kappa shape index (κ2) is 3.81. The molecule has 1 N–H and O–H groups in total. The number of methoxy groups -OCH3 is 1. The van der Waals surface area contributed by atoms with E-state index in [1.807, 2.05) is 6.92 Å². The zero-order valence-electron chi connectivity index (χ0n) is 9.03. The van der Waals surface area contributed by atoms with Crippen LogP contribution in [-0.4, -0.2) is 42.6 Å². The summed E-state index contributed by atoms with van der Waals surface area (Å²) in [6, 6.07) is -0.0110. The fourth-order valence-corrected chi connectivity index (χ4v) is 2.06. The van der Waals surface area contributed by atoms with Crippen LogP contribution in [0, 0.1) is 5.92 Å². The fourth-order valence-electron chi connectivity index (χ4n) is 2.06. The highest BCUT2D eigenvalue weighted by atomic mass is 16.5. The Hall–Kier alpha value is -1.10. The largest absolute Gasteiger partial charge is 0.381 e. The number of ether oxygens (including phenoxy) is 1. The molecular formula is C10H16N2O3. The van der Waals surface area contributed by atoms with Crippen molar-refractivity contribution in [3.63, 3.8) is 0 Å². The topological polar surface area (TPSA) is 58.6 Å². The first-order valence-electron chi connectivity index (χ1n) is 5.26.